The van der Waals surface area contributed by atoms with Crippen LogP contribution in [0, 0.1) is 36.6 Å². The number of hydrogen-bond donors (Lipinski definition) is 0. The van der Waals surface area contributed by atoms with Crippen LogP contribution in [0.5, 0.6) is 0 Å². The van der Waals surface area contributed by atoms with Crippen LogP contribution < -0.4 is 18.9 Å². The normalized spacial score (nSPS) is 7.64. The van der Waals surface area contributed by atoms with Gasteiger partial charge in [0.2, 0.25) is 0 Å². The second-order valence-electron chi connectivity index (χ2n) is 1.07. The monoisotopic (exact) mass is 157 g/mol. The molecule has 0 saturated carbocycles. The first-order chi connectivity index (χ1) is 4.46. The first kappa shape index (κ1) is 12.4. The third-order valence-corrected chi connectivity index (χ3v) is 0.490. The second kappa shape index (κ2) is 4.48. The zero-order chi connectivity index (χ0) is 8.31. The van der Waals surface area contributed by atoms with E-state index in [1.165, 1.54) is 0 Å². The standard InChI is InChI=1S/CN3O6.Li/c5-2(6)1(3(7)8)4(9)10;/q-1;+1. The van der Waals surface area contributed by atoms with Gasteiger partial charge in [-0.1, -0.05) is 0 Å². The van der Waals surface area contributed by atoms with Crippen LogP contribution in [0.1, 0.15) is 0 Å². The Morgan fingerprint density at radius 3 is 1.00 bits per heavy atom. The van der Waals surface area contributed by atoms with E-state index in [0.717, 1.165) is 0 Å². The van der Waals surface area contributed by atoms with Crippen LogP contribution in [-0.2, 0) is 0 Å². The summed E-state index contributed by atoms with van der Waals surface area (Å²) >= 11 is 0. The summed E-state index contributed by atoms with van der Waals surface area (Å²) in [5.41, 5.74) is 0. The van der Waals surface area contributed by atoms with E-state index in [2.05, 4.69) is 0 Å². The van der Waals surface area contributed by atoms with Crippen molar-refractivity contribution in [2.45, 2.75) is 0 Å². The van der Waals surface area contributed by atoms with Gasteiger partial charge in [0.1, 0.15) is 0 Å². The summed E-state index contributed by atoms with van der Waals surface area (Å²) in [7, 11) is 0. The van der Waals surface area contributed by atoms with Gasteiger partial charge in [0.05, 0.1) is 0 Å². The number of rotatable bonds is 3. The van der Waals surface area contributed by atoms with Crippen molar-refractivity contribution in [3.05, 3.63) is 36.6 Å². The Balaban J connectivity index is 0. The molecule has 10 heteroatoms. The van der Waals surface area contributed by atoms with Gasteiger partial charge in [0.25, 0.3) is 0 Å². The van der Waals surface area contributed by atoms with Crippen molar-refractivity contribution in [3.63, 3.8) is 0 Å². The van der Waals surface area contributed by atoms with Crippen LogP contribution in [0.4, 0.5) is 0 Å². The van der Waals surface area contributed by atoms with Gasteiger partial charge in [-0.15, -0.1) is 0 Å². The van der Waals surface area contributed by atoms with Crippen molar-refractivity contribution in [3.8, 4) is 0 Å². The third kappa shape index (κ3) is 3.39. The van der Waals surface area contributed by atoms with E-state index in [1.807, 2.05) is 0 Å². The maximum Gasteiger partial charge on any atom is 1.00 e. The molecule has 0 unspecified atom stereocenters. The van der Waals surface area contributed by atoms with Crippen LogP contribution >= 0.6 is 0 Å². The van der Waals surface area contributed by atoms with Crippen LogP contribution in [0.15, 0.2) is 0 Å². The fraction of sp³-hybridized carbons (Fsp3) is 0. The topological polar surface area (TPSA) is 129 Å². The molecule has 0 atom stereocenters. The van der Waals surface area contributed by atoms with E-state index < -0.39 is 21.1 Å². The molecule has 0 aromatic carbocycles. The minimum Gasteiger partial charge on any atom is -0.283 e. The zero-order valence-corrected chi connectivity index (χ0v) is 5.29. The summed E-state index contributed by atoms with van der Waals surface area (Å²) in [4.78, 5) is 23.4. The first-order valence-electron chi connectivity index (χ1n) is 1.77. The Hall–Kier alpha value is -1.33. The van der Waals surface area contributed by atoms with Crippen molar-refractivity contribution in [1.29, 1.82) is 0 Å². The second-order valence-corrected chi connectivity index (χ2v) is 1.07. The van der Waals surface area contributed by atoms with E-state index in [0.29, 0.717) is 0 Å². The summed E-state index contributed by atoms with van der Waals surface area (Å²) in [5, 5.41) is 28.4. The van der Waals surface area contributed by atoms with Gasteiger partial charge in [0.15, 0.2) is 0 Å². The van der Waals surface area contributed by atoms with E-state index in [1.54, 1.807) is 0 Å². The minimum atomic E-state index is -2.14. The van der Waals surface area contributed by atoms with E-state index >= 15 is 0 Å². The predicted molar refractivity (Wildman–Crippen MR) is 24.2 cm³/mol. The van der Waals surface area contributed by atoms with Crippen LogP contribution in [-0.4, -0.2) is 14.8 Å². The molecule has 0 fully saturated rings. The molecule has 0 saturated heterocycles. The smallest absolute Gasteiger partial charge is 0.283 e. The Morgan fingerprint density at radius 1 is 0.818 bits per heavy atom. The maximum absolute atomic E-state index is 9.47. The molecule has 11 heavy (non-hydrogen) atoms. The fourth-order valence-electron chi connectivity index (χ4n) is 0.200. The molecule has 9 nitrogen and oxygen atoms in total. The molecule has 0 radical (unpaired) electrons. The average Bonchev–Trinajstić information content (AvgIpc) is 1.59. The van der Waals surface area contributed by atoms with Crippen molar-refractivity contribution in [2.75, 3.05) is 0 Å². The van der Waals surface area contributed by atoms with Crippen molar-refractivity contribution in [1.82, 2.24) is 0 Å². The van der Waals surface area contributed by atoms with E-state index in [9.17, 15) is 30.3 Å². The summed E-state index contributed by atoms with van der Waals surface area (Å²) in [6.45, 7) is 0. The minimum absolute atomic E-state index is 0. The molecule has 0 amide bonds. The molecule has 0 aliphatic carbocycles. The molecule has 0 rings (SSSR count). The fourth-order valence-corrected chi connectivity index (χ4v) is 0.200. The molecule has 0 aromatic rings. The zero-order valence-electron chi connectivity index (χ0n) is 5.29. The molecular weight excluding hydrogens is 157 g/mol. The molecule has 0 heterocycles. The molecule has 0 aliphatic heterocycles. The van der Waals surface area contributed by atoms with Crippen molar-refractivity contribution in [2.24, 2.45) is 0 Å². The average molecular weight is 157 g/mol. The van der Waals surface area contributed by atoms with Gasteiger partial charge < -0.3 is 0 Å². The Bertz CT molecular complexity index is 157. The summed E-state index contributed by atoms with van der Waals surface area (Å²) < 4.78 is 0. The van der Waals surface area contributed by atoms with Gasteiger partial charge in [-0.2, -0.15) is 0 Å². The van der Waals surface area contributed by atoms with Gasteiger partial charge in [-0.3, -0.25) is 30.3 Å². The number of nitrogens with zero attached hydrogens (tertiary/aromatic N) is 3. The van der Waals surface area contributed by atoms with Crippen LogP contribution in [0.3, 0.4) is 0 Å². The van der Waals surface area contributed by atoms with Crippen molar-refractivity contribution >= 4 is 0 Å². The van der Waals surface area contributed by atoms with Gasteiger partial charge >= 0.3 is 25.2 Å². The molecule has 56 valence electrons. The third-order valence-electron chi connectivity index (χ3n) is 0.490. The molecule has 0 N–H and O–H groups in total. The predicted octanol–water partition coefficient (Wildman–Crippen LogP) is -3.73. The quantitative estimate of drug-likeness (QED) is 0.179. The van der Waals surface area contributed by atoms with Crippen molar-refractivity contribution < 1.29 is 33.6 Å². The van der Waals surface area contributed by atoms with E-state index in [-0.39, 0.29) is 18.9 Å². The summed E-state index contributed by atoms with van der Waals surface area (Å²) in [6, 6.07) is 0. The summed E-state index contributed by atoms with van der Waals surface area (Å²) in [5.74, 6) is 0. The maximum atomic E-state index is 9.47. The number of nitro groups is 3. The summed E-state index contributed by atoms with van der Waals surface area (Å²) in [6.07, 6.45) is -2.14. The van der Waals surface area contributed by atoms with Crippen LogP contribution in [0.2, 0.25) is 0 Å². The SMILES string of the molecule is O=[N+]([O-])[C-]([N+](=O)[O-])[N+](=O)[O-].[Li+]. The molecule has 0 aliphatic rings. The molecule has 0 bridgehead atoms. The molecule has 0 aromatic heterocycles. The molecular formula is CLiN3O6. The Morgan fingerprint density at radius 2 is 1.00 bits per heavy atom. The Kier molecular flexibility index (Phi) is 5.03. The first-order valence-corrected chi connectivity index (χ1v) is 1.77. The largest absolute Gasteiger partial charge is 1.00 e. The van der Waals surface area contributed by atoms with E-state index in [4.69, 9.17) is 0 Å². The Labute approximate surface area is 71.0 Å². The van der Waals surface area contributed by atoms with Gasteiger partial charge in [-0.05, 0) is 0 Å². The van der Waals surface area contributed by atoms with Gasteiger partial charge in [0, 0.05) is 14.8 Å². The van der Waals surface area contributed by atoms with Crippen LogP contribution in [0.25, 0.3) is 0 Å². The molecule has 0 spiro atoms. The number of hydrogen-bond acceptors (Lipinski definition) is 6. The van der Waals surface area contributed by atoms with Gasteiger partial charge in [-0.25, -0.2) is 0 Å².